The van der Waals surface area contributed by atoms with Gasteiger partial charge in [0, 0.05) is 36.7 Å². The molecule has 80 heavy (non-hydrogen) atoms. The van der Waals surface area contributed by atoms with E-state index in [2.05, 4.69) is 37.2 Å². The maximum atomic E-state index is 14.7. The zero-order valence-electron chi connectivity index (χ0n) is 47.2. The summed E-state index contributed by atoms with van der Waals surface area (Å²) in [5, 5.41) is 20.4. The molecule has 0 unspecified atom stereocenters. The first-order chi connectivity index (χ1) is 37.4. The number of Topliss-reactive ketones (excluding diaryl/α,β-unsaturated/α-hetero) is 1. The van der Waals surface area contributed by atoms with Crippen molar-refractivity contribution in [1.82, 2.24) is 47.0 Å². The van der Waals surface area contributed by atoms with Crippen molar-refractivity contribution in [2.75, 3.05) is 38.7 Å². The SMILES string of the molecule is CN[C@@H](C)C(=O)N[C@H](C(=O)N1C[C@@H](CC(=O)c2ccc(C(=O)N[C@H]3C[C@@H](C(=O)N[C@@H]4CCS(=O)(=O)c5ccccc54)N(C(=O)[C@@H](NC(=O)[C@H](C)NC)C(C)(C)C)C3)cc2)C[C@H]1C(=O)N[C@@H]1CCS(=O)(=O)c2ccccc21)C(C)(C)C. The molecule has 10 atom stereocenters. The van der Waals surface area contributed by atoms with Gasteiger partial charge in [0.2, 0.25) is 35.4 Å². The number of carbonyl (C=O) groups excluding carboxylic acids is 8. The van der Waals surface area contributed by atoms with E-state index < -0.39 is 132 Å². The number of likely N-dealkylation sites (N-methyl/N-ethyl adjacent to an activating group) is 2. The quantitative estimate of drug-likeness (QED) is 0.0957. The van der Waals surface area contributed by atoms with E-state index in [1.807, 2.05) is 0 Å². The Hall–Kier alpha value is -6.56. The van der Waals surface area contributed by atoms with Gasteiger partial charge in [-0.1, -0.05) is 90.1 Å². The van der Waals surface area contributed by atoms with Crippen LogP contribution in [0.1, 0.15) is 131 Å². The predicted octanol–water partition coefficient (Wildman–Crippen LogP) is 2.52. The Morgan fingerprint density at radius 1 is 0.562 bits per heavy atom. The molecule has 0 spiro atoms. The van der Waals surface area contributed by atoms with Gasteiger partial charge in [-0.2, -0.15) is 0 Å². The Morgan fingerprint density at radius 3 is 1.41 bits per heavy atom. The average Bonchev–Trinajstić information content (AvgIpc) is 4.09. The van der Waals surface area contributed by atoms with Crippen molar-refractivity contribution < 1.29 is 55.2 Å². The van der Waals surface area contributed by atoms with Gasteiger partial charge >= 0.3 is 0 Å². The number of nitrogens with zero attached hydrogens (tertiary/aromatic N) is 2. The lowest BCUT2D eigenvalue weighted by molar-refractivity contribution is -0.144. The highest BCUT2D eigenvalue weighted by Gasteiger charge is 2.48. The number of sulfone groups is 2. The van der Waals surface area contributed by atoms with E-state index >= 15 is 0 Å². The molecule has 2 fully saturated rings. The minimum absolute atomic E-state index is 0.00344. The Labute approximate surface area is 469 Å². The average molecular weight is 1140 g/mol. The summed E-state index contributed by atoms with van der Waals surface area (Å²) in [6.07, 6.45) is 0.199. The molecule has 2 saturated heterocycles. The number of carbonyl (C=O) groups is 8. The molecular weight excluding hydrogens is 1070 g/mol. The van der Waals surface area contributed by atoms with E-state index in [0.29, 0.717) is 11.1 Å². The van der Waals surface area contributed by atoms with Crippen LogP contribution in [0, 0.1) is 16.7 Å². The van der Waals surface area contributed by atoms with Crippen LogP contribution in [-0.4, -0.2) is 155 Å². The molecule has 0 bridgehead atoms. The minimum Gasteiger partial charge on any atom is -0.347 e. The molecule has 0 aromatic heterocycles. The van der Waals surface area contributed by atoms with Crippen LogP contribution in [0.4, 0.5) is 0 Å². The van der Waals surface area contributed by atoms with Crippen LogP contribution in [-0.2, 0) is 48.4 Å². The molecule has 4 heterocycles. The van der Waals surface area contributed by atoms with Crippen LogP contribution in [0.2, 0.25) is 0 Å². The molecule has 0 radical (unpaired) electrons. The summed E-state index contributed by atoms with van der Waals surface area (Å²) in [5.74, 6) is -4.79. The first-order valence-corrected chi connectivity index (χ1v) is 30.5. The number of hydrogen-bond donors (Lipinski definition) is 7. The number of rotatable bonds is 17. The summed E-state index contributed by atoms with van der Waals surface area (Å²) in [5.41, 5.74) is -0.333. The van der Waals surface area contributed by atoms with Crippen molar-refractivity contribution >= 4 is 66.8 Å². The minimum atomic E-state index is -3.58. The predicted molar refractivity (Wildman–Crippen MR) is 298 cm³/mol. The lowest BCUT2D eigenvalue weighted by Gasteiger charge is -2.36. The van der Waals surface area contributed by atoms with Crippen molar-refractivity contribution in [2.24, 2.45) is 16.7 Å². The zero-order valence-corrected chi connectivity index (χ0v) is 48.8. The maximum absolute atomic E-state index is 14.7. The van der Waals surface area contributed by atoms with Crippen LogP contribution in [0.3, 0.4) is 0 Å². The summed E-state index contributed by atoms with van der Waals surface area (Å²) in [6.45, 7) is 13.9. The third kappa shape index (κ3) is 13.6. The Bertz CT molecular complexity index is 2910. The fourth-order valence-electron chi connectivity index (χ4n) is 10.9. The van der Waals surface area contributed by atoms with Crippen molar-refractivity contribution in [1.29, 1.82) is 0 Å². The van der Waals surface area contributed by atoms with Crippen molar-refractivity contribution in [2.45, 2.75) is 152 Å². The van der Waals surface area contributed by atoms with Gasteiger partial charge in [0.25, 0.3) is 5.91 Å². The summed E-state index contributed by atoms with van der Waals surface area (Å²) >= 11 is 0. The van der Waals surface area contributed by atoms with Crippen LogP contribution in [0.15, 0.2) is 82.6 Å². The van der Waals surface area contributed by atoms with Gasteiger partial charge in [-0.05, 0) is 106 Å². The molecule has 3 aromatic carbocycles. The molecule has 4 aliphatic heterocycles. The molecule has 23 heteroatoms. The number of benzene rings is 3. The second kappa shape index (κ2) is 24.3. The lowest BCUT2D eigenvalue weighted by atomic mass is 9.85. The fraction of sp³-hybridized carbons (Fsp3) is 0.544. The Balaban J connectivity index is 1.08. The van der Waals surface area contributed by atoms with E-state index in [9.17, 15) is 55.2 Å². The summed E-state index contributed by atoms with van der Waals surface area (Å²) in [6, 6.07) is 11.1. The van der Waals surface area contributed by atoms with E-state index in [-0.39, 0.29) is 83.4 Å². The highest BCUT2D eigenvalue weighted by atomic mass is 32.2. The third-order valence-corrected chi connectivity index (χ3v) is 19.5. The van der Waals surface area contributed by atoms with Crippen LogP contribution in [0.25, 0.3) is 0 Å². The van der Waals surface area contributed by atoms with Gasteiger partial charge < -0.3 is 47.0 Å². The molecule has 7 N–H and O–H groups in total. The Kier molecular flexibility index (Phi) is 18.5. The molecule has 4 aliphatic rings. The topological polar surface area (TPSA) is 296 Å². The van der Waals surface area contributed by atoms with Gasteiger partial charge in [-0.15, -0.1) is 0 Å². The van der Waals surface area contributed by atoms with Crippen LogP contribution in [0.5, 0.6) is 0 Å². The van der Waals surface area contributed by atoms with Crippen LogP contribution < -0.4 is 37.2 Å². The third-order valence-electron chi connectivity index (χ3n) is 15.8. The van der Waals surface area contributed by atoms with Gasteiger partial charge in [0.1, 0.15) is 24.2 Å². The van der Waals surface area contributed by atoms with Gasteiger partial charge in [0.15, 0.2) is 25.5 Å². The van der Waals surface area contributed by atoms with E-state index in [1.165, 1.54) is 46.2 Å². The first-order valence-electron chi connectivity index (χ1n) is 27.2. The number of amides is 7. The largest absolute Gasteiger partial charge is 0.347 e. The van der Waals surface area contributed by atoms with Gasteiger partial charge in [-0.3, -0.25) is 38.4 Å². The molecule has 0 aliphatic carbocycles. The number of fused-ring (bicyclic) bond motifs is 2. The Morgan fingerprint density at radius 2 is 0.975 bits per heavy atom. The molecule has 0 saturated carbocycles. The van der Waals surface area contributed by atoms with Gasteiger partial charge in [-0.25, -0.2) is 16.8 Å². The van der Waals surface area contributed by atoms with Crippen LogP contribution >= 0.6 is 0 Å². The summed E-state index contributed by atoms with van der Waals surface area (Å²) < 4.78 is 51.8. The standard InChI is InChI=1S/C57H77N9O12S2/c1-32(58-9)49(68)63-47(56(3,4)5)54(73)65-30-34(27-42(65)52(71)61-40-23-25-79(75,76)45-17-13-11-15-38(40)45)28-44(67)35-19-21-36(22-20-35)51(70)60-37-29-43(53(72)62-41-24-26-80(77,78)46-18-14-12-16-39(41)46)66(31-37)55(74)48(57(6,7)8)64-50(69)33(2)59-10/h11-22,32-34,37,40-43,47-48,58-59H,23-31H2,1-10H3,(H,60,70)(H,61,71)(H,62,72)(H,63,68)(H,64,69)/t32-,33-,34+,37-,40+,41+,42-,43-,47+,48+/m0/s1. The fourth-order valence-corrected chi connectivity index (χ4v) is 14.1. The highest BCUT2D eigenvalue weighted by molar-refractivity contribution is 7.91. The smallest absolute Gasteiger partial charge is 0.251 e. The van der Waals surface area contributed by atoms with E-state index in [1.54, 1.807) is 106 Å². The molecule has 21 nitrogen and oxygen atoms in total. The molecule has 434 valence electrons. The number of hydrogen-bond acceptors (Lipinski definition) is 14. The second-order valence-corrected chi connectivity index (χ2v) is 27.9. The van der Waals surface area contributed by atoms with Crippen molar-refractivity contribution in [3.63, 3.8) is 0 Å². The zero-order chi connectivity index (χ0) is 58.8. The number of likely N-dealkylation sites (tertiary alicyclic amines) is 2. The van der Waals surface area contributed by atoms with E-state index in [0.717, 1.165) is 0 Å². The monoisotopic (exact) mass is 1140 g/mol. The van der Waals surface area contributed by atoms with E-state index in [4.69, 9.17) is 0 Å². The maximum Gasteiger partial charge on any atom is 0.251 e. The highest BCUT2D eigenvalue weighted by Crippen LogP contribution is 2.36. The lowest BCUT2D eigenvalue weighted by Crippen LogP contribution is -2.59. The molecule has 3 aromatic rings. The van der Waals surface area contributed by atoms with Crippen molar-refractivity contribution in [3.8, 4) is 0 Å². The summed E-state index contributed by atoms with van der Waals surface area (Å²) in [4.78, 5) is 116. The van der Waals surface area contributed by atoms with Crippen molar-refractivity contribution in [3.05, 3.63) is 95.1 Å². The van der Waals surface area contributed by atoms with Gasteiger partial charge in [0.05, 0.1) is 45.5 Å². The molecule has 7 amide bonds. The summed E-state index contributed by atoms with van der Waals surface area (Å²) in [7, 11) is -3.93. The first kappa shape index (κ1) is 61.1. The molecule has 7 rings (SSSR count). The number of ketones is 1. The molecular formula is C57H77N9O12S2. The normalized spacial score (nSPS) is 23.7. The second-order valence-electron chi connectivity index (χ2n) is 23.8. The number of nitrogens with one attached hydrogen (secondary N) is 7.